The Bertz CT molecular complexity index is 1270. The smallest absolute Gasteiger partial charge is 0.312 e. The van der Waals surface area contributed by atoms with Gasteiger partial charge in [0.1, 0.15) is 40.6 Å². The van der Waals surface area contributed by atoms with Crippen molar-refractivity contribution < 1.29 is 38.7 Å². The number of rotatable bonds is 6. The Morgan fingerprint density at radius 2 is 1.56 bits per heavy atom. The van der Waals surface area contributed by atoms with Gasteiger partial charge < -0.3 is 33.9 Å². The molecule has 1 fully saturated rings. The first-order valence-electron chi connectivity index (χ1n) is 11.5. The van der Waals surface area contributed by atoms with Crippen molar-refractivity contribution in [2.75, 3.05) is 28.4 Å². The van der Waals surface area contributed by atoms with Gasteiger partial charge >= 0.3 is 5.97 Å². The van der Waals surface area contributed by atoms with E-state index in [1.165, 1.54) is 21.3 Å². The Morgan fingerprint density at radius 1 is 0.889 bits per heavy atom. The third-order valence-corrected chi connectivity index (χ3v) is 7.42. The summed E-state index contributed by atoms with van der Waals surface area (Å²) in [7, 11) is 5.76. The highest BCUT2D eigenvalue weighted by Crippen LogP contribution is 2.68. The number of hydrogen-bond donors (Lipinski definition) is 2. The van der Waals surface area contributed by atoms with Gasteiger partial charge in [0.05, 0.1) is 34.0 Å². The predicted molar refractivity (Wildman–Crippen MR) is 129 cm³/mol. The van der Waals surface area contributed by atoms with Gasteiger partial charge in [0, 0.05) is 18.1 Å². The van der Waals surface area contributed by atoms with Gasteiger partial charge in [-0.2, -0.15) is 0 Å². The van der Waals surface area contributed by atoms with Gasteiger partial charge in [-0.15, -0.1) is 0 Å². The number of aliphatic hydroxyl groups is 2. The Kier molecular flexibility index (Phi) is 5.81. The summed E-state index contributed by atoms with van der Waals surface area (Å²) in [5.41, 5.74) is -2.26. The van der Waals surface area contributed by atoms with Crippen molar-refractivity contribution in [2.45, 2.75) is 23.2 Å². The molecule has 8 nitrogen and oxygen atoms in total. The van der Waals surface area contributed by atoms with Gasteiger partial charge in [0.25, 0.3) is 0 Å². The number of ether oxygens (including phenoxy) is 5. The maximum atomic E-state index is 13.5. The minimum Gasteiger partial charge on any atom is -0.497 e. The standard InChI is InChI=1S/C28H28O8/c1-32-18-12-10-17(11-13-18)28-22(16-8-6-5-7-9-16)24(25(29)35-4)27(31,26(28)30)23-20(34-3)14-19(33-2)15-21(23)36-28/h5-15,22,24,26,30-31H,1-4H3/t22-,24+,26?,27+,28+/m1/s1. The second kappa shape index (κ2) is 8.72. The molecule has 0 radical (unpaired) electrons. The fraction of sp³-hybridized carbons (Fsp3) is 0.321. The van der Waals surface area contributed by atoms with Crippen molar-refractivity contribution in [3.05, 3.63) is 83.4 Å². The molecule has 0 aromatic heterocycles. The summed E-state index contributed by atoms with van der Waals surface area (Å²) < 4.78 is 28.3. The van der Waals surface area contributed by atoms with E-state index < -0.39 is 35.1 Å². The molecule has 188 valence electrons. The molecule has 5 atom stereocenters. The van der Waals surface area contributed by atoms with Crippen LogP contribution in [-0.4, -0.2) is 50.7 Å². The van der Waals surface area contributed by atoms with Crippen LogP contribution >= 0.6 is 0 Å². The molecular weight excluding hydrogens is 464 g/mol. The predicted octanol–water partition coefficient (Wildman–Crippen LogP) is 3.14. The lowest BCUT2D eigenvalue weighted by Gasteiger charge is -2.45. The number of hydrogen-bond acceptors (Lipinski definition) is 8. The largest absolute Gasteiger partial charge is 0.497 e. The Labute approximate surface area is 209 Å². The molecule has 3 aromatic rings. The van der Waals surface area contributed by atoms with Crippen LogP contribution in [0.2, 0.25) is 0 Å². The van der Waals surface area contributed by atoms with E-state index >= 15 is 0 Å². The zero-order valence-corrected chi connectivity index (χ0v) is 20.4. The molecule has 5 rings (SSSR count). The van der Waals surface area contributed by atoms with Crippen LogP contribution in [-0.2, 0) is 20.7 Å². The Morgan fingerprint density at radius 3 is 2.14 bits per heavy atom. The summed E-state index contributed by atoms with van der Waals surface area (Å²) in [4.78, 5) is 13.5. The monoisotopic (exact) mass is 492 g/mol. The molecule has 36 heavy (non-hydrogen) atoms. The normalized spacial score (nSPS) is 28.0. The van der Waals surface area contributed by atoms with Gasteiger partial charge in [-0.3, -0.25) is 4.79 Å². The van der Waals surface area contributed by atoms with E-state index in [0.717, 1.165) is 0 Å². The fourth-order valence-corrected chi connectivity index (χ4v) is 5.87. The van der Waals surface area contributed by atoms with E-state index in [4.69, 9.17) is 23.7 Å². The first-order chi connectivity index (χ1) is 17.4. The van der Waals surface area contributed by atoms with Crippen molar-refractivity contribution in [3.63, 3.8) is 0 Å². The van der Waals surface area contributed by atoms with Crippen LogP contribution in [0.1, 0.15) is 22.6 Å². The maximum Gasteiger partial charge on any atom is 0.312 e. The Balaban J connectivity index is 1.89. The minimum atomic E-state index is -2.11. The highest BCUT2D eigenvalue weighted by atomic mass is 16.5. The van der Waals surface area contributed by atoms with Gasteiger partial charge in [-0.05, 0) is 23.3 Å². The summed E-state index contributed by atoms with van der Waals surface area (Å²) >= 11 is 0. The lowest BCUT2D eigenvalue weighted by atomic mass is 9.75. The highest BCUT2D eigenvalue weighted by molar-refractivity contribution is 5.80. The van der Waals surface area contributed by atoms with Gasteiger partial charge in [0.2, 0.25) is 0 Å². The van der Waals surface area contributed by atoms with Crippen molar-refractivity contribution >= 4 is 5.97 Å². The molecule has 2 aliphatic rings. The molecule has 0 amide bonds. The molecule has 2 bridgehead atoms. The molecule has 2 N–H and O–H groups in total. The van der Waals surface area contributed by atoms with Crippen molar-refractivity contribution in [1.29, 1.82) is 0 Å². The molecule has 3 aromatic carbocycles. The summed E-state index contributed by atoms with van der Waals surface area (Å²) in [6.45, 7) is 0. The van der Waals surface area contributed by atoms with E-state index in [0.29, 0.717) is 22.6 Å². The van der Waals surface area contributed by atoms with Crippen molar-refractivity contribution in [2.24, 2.45) is 5.92 Å². The van der Waals surface area contributed by atoms with E-state index in [2.05, 4.69) is 0 Å². The van der Waals surface area contributed by atoms with Gasteiger partial charge in [0.15, 0.2) is 5.60 Å². The van der Waals surface area contributed by atoms with Crippen LogP contribution in [0.4, 0.5) is 0 Å². The molecule has 8 heteroatoms. The van der Waals surface area contributed by atoms with Crippen molar-refractivity contribution in [1.82, 2.24) is 0 Å². The van der Waals surface area contributed by atoms with Crippen molar-refractivity contribution in [3.8, 4) is 23.0 Å². The Hall–Kier alpha value is -3.75. The third kappa shape index (κ3) is 3.11. The summed E-state index contributed by atoms with van der Waals surface area (Å²) in [6.07, 6.45) is -1.57. The van der Waals surface area contributed by atoms with Crippen LogP contribution < -0.4 is 18.9 Å². The zero-order valence-electron chi connectivity index (χ0n) is 20.4. The minimum absolute atomic E-state index is 0.163. The van der Waals surface area contributed by atoms with Crippen LogP contribution in [0.5, 0.6) is 23.0 Å². The van der Waals surface area contributed by atoms with Crippen LogP contribution in [0, 0.1) is 5.92 Å². The first kappa shape index (κ1) is 24.0. The topological polar surface area (TPSA) is 104 Å². The van der Waals surface area contributed by atoms with Crippen LogP contribution in [0.3, 0.4) is 0 Å². The second-order valence-electron chi connectivity index (χ2n) is 8.94. The second-order valence-corrected chi connectivity index (χ2v) is 8.94. The lowest BCUT2D eigenvalue weighted by molar-refractivity contribution is -0.172. The fourth-order valence-electron chi connectivity index (χ4n) is 5.87. The van der Waals surface area contributed by atoms with Crippen LogP contribution in [0.25, 0.3) is 0 Å². The average molecular weight is 493 g/mol. The van der Waals surface area contributed by atoms with E-state index in [9.17, 15) is 15.0 Å². The summed E-state index contributed by atoms with van der Waals surface area (Å²) in [5, 5.41) is 24.5. The molecule has 1 saturated carbocycles. The zero-order chi connectivity index (χ0) is 25.7. The van der Waals surface area contributed by atoms with Gasteiger partial charge in [-0.25, -0.2) is 0 Å². The highest BCUT2D eigenvalue weighted by Gasteiger charge is 2.76. The lowest BCUT2D eigenvalue weighted by Crippen LogP contribution is -2.54. The number of carbonyl (C=O) groups is 1. The molecule has 0 saturated heterocycles. The van der Waals surface area contributed by atoms with Crippen LogP contribution in [0.15, 0.2) is 66.7 Å². The molecule has 1 unspecified atom stereocenters. The summed E-state index contributed by atoms with van der Waals surface area (Å²) in [6, 6.07) is 19.4. The molecule has 1 aliphatic carbocycles. The number of esters is 1. The molecular formula is C28H28O8. The molecule has 0 spiro atoms. The SMILES string of the molecule is COC(=O)[C@@H]1[C@@H](c2ccccc2)[C@]2(c3ccc(OC)cc3)Oc3cc(OC)cc(OC)c3[C@@]1(O)C2O. The quantitative estimate of drug-likeness (QED) is 0.506. The average Bonchev–Trinajstić information content (AvgIpc) is 3.05. The number of methoxy groups -OCH3 is 4. The summed E-state index contributed by atoms with van der Waals surface area (Å²) in [5.74, 6) is -1.25. The number of benzene rings is 3. The molecule has 1 aliphatic heterocycles. The number of aliphatic hydroxyl groups excluding tert-OH is 1. The molecule has 1 heterocycles. The third-order valence-electron chi connectivity index (χ3n) is 7.42. The first-order valence-corrected chi connectivity index (χ1v) is 11.5. The van der Waals surface area contributed by atoms with Gasteiger partial charge in [-0.1, -0.05) is 42.5 Å². The maximum absolute atomic E-state index is 13.5. The number of carbonyl (C=O) groups excluding carboxylic acids is 1. The van der Waals surface area contributed by atoms with E-state index in [1.807, 2.05) is 30.3 Å². The van der Waals surface area contributed by atoms with E-state index in [-0.39, 0.29) is 17.1 Å². The van der Waals surface area contributed by atoms with E-state index in [1.54, 1.807) is 43.5 Å². The number of fused-ring (bicyclic) bond motifs is 4.